The minimum atomic E-state index is 0.197. The molecule has 1 heterocycles. The van der Waals surface area contributed by atoms with Gasteiger partial charge in [0.25, 0.3) is 0 Å². The van der Waals surface area contributed by atoms with Gasteiger partial charge in [0.05, 0.1) is 0 Å². The summed E-state index contributed by atoms with van der Waals surface area (Å²) in [6.45, 7) is 9.86. The molecular weight excluding hydrogens is 234 g/mol. The van der Waals surface area contributed by atoms with Gasteiger partial charge in [-0.1, -0.05) is 19.9 Å². The lowest BCUT2D eigenvalue weighted by molar-refractivity contribution is 0.601. The Hall–Kier alpha value is -1.09. The standard InChI is InChI=1S/C16H27N3/c1-11(2)10-19(15-5-6-15)16-12(3)7-14(9-18-16)8-13(4)17/h7,9,11,13,15H,5-6,8,10,17H2,1-4H3. The summed E-state index contributed by atoms with van der Waals surface area (Å²) in [5.74, 6) is 1.84. The molecule has 0 aliphatic heterocycles. The maximum Gasteiger partial charge on any atom is 0.131 e. The fourth-order valence-electron chi connectivity index (χ4n) is 2.60. The zero-order valence-corrected chi connectivity index (χ0v) is 12.7. The topological polar surface area (TPSA) is 42.1 Å². The zero-order chi connectivity index (χ0) is 14.0. The van der Waals surface area contributed by atoms with Crippen LogP contribution in [0.4, 0.5) is 5.82 Å². The van der Waals surface area contributed by atoms with E-state index >= 15 is 0 Å². The second-order valence-electron chi connectivity index (χ2n) is 6.44. The predicted molar refractivity (Wildman–Crippen MR) is 81.5 cm³/mol. The third-order valence-electron chi connectivity index (χ3n) is 3.49. The third kappa shape index (κ3) is 3.93. The lowest BCUT2D eigenvalue weighted by Gasteiger charge is -2.27. The molecule has 0 saturated heterocycles. The van der Waals surface area contributed by atoms with E-state index in [-0.39, 0.29) is 6.04 Å². The summed E-state index contributed by atoms with van der Waals surface area (Å²) in [4.78, 5) is 7.21. The van der Waals surface area contributed by atoms with Crippen LogP contribution in [-0.2, 0) is 6.42 Å². The molecule has 0 spiro atoms. The van der Waals surface area contributed by atoms with Gasteiger partial charge in [-0.2, -0.15) is 0 Å². The lowest BCUT2D eigenvalue weighted by atomic mass is 10.1. The smallest absolute Gasteiger partial charge is 0.131 e. The van der Waals surface area contributed by atoms with Gasteiger partial charge in [0, 0.05) is 24.8 Å². The van der Waals surface area contributed by atoms with Crippen LogP contribution in [0.1, 0.15) is 44.7 Å². The van der Waals surface area contributed by atoms with Crippen molar-refractivity contribution >= 4 is 5.82 Å². The van der Waals surface area contributed by atoms with Crippen LogP contribution in [0.2, 0.25) is 0 Å². The molecule has 1 unspecified atom stereocenters. The van der Waals surface area contributed by atoms with Gasteiger partial charge in [0.2, 0.25) is 0 Å². The van der Waals surface area contributed by atoms with Crippen LogP contribution in [-0.4, -0.2) is 23.6 Å². The first-order chi connectivity index (χ1) is 8.97. The maximum atomic E-state index is 5.86. The van der Waals surface area contributed by atoms with Gasteiger partial charge >= 0.3 is 0 Å². The van der Waals surface area contributed by atoms with Gasteiger partial charge in [-0.25, -0.2) is 4.98 Å². The number of anilines is 1. The molecule has 1 aromatic heterocycles. The average Bonchev–Trinajstić information content (AvgIpc) is 3.09. The summed E-state index contributed by atoms with van der Waals surface area (Å²) in [7, 11) is 0. The van der Waals surface area contributed by atoms with Gasteiger partial charge < -0.3 is 10.6 Å². The Kier molecular flexibility index (Phi) is 4.46. The Morgan fingerprint density at radius 2 is 2.05 bits per heavy atom. The van der Waals surface area contributed by atoms with E-state index in [2.05, 4.69) is 31.7 Å². The first-order valence-corrected chi connectivity index (χ1v) is 7.45. The Morgan fingerprint density at radius 3 is 2.53 bits per heavy atom. The van der Waals surface area contributed by atoms with Crippen molar-refractivity contribution in [3.05, 3.63) is 23.4 Å². The molecular formula is C16H27N3. The van der Waals surface area contributed by atoms with E-state index in [9.17, 15) is 0 Å². The van der Waals surface area contributed by atoms with E-state index in [1.165, 1.54) is 29.8 Å². The van der Waals surface area contributed by atoms with E-state index in [0.717, 1.165) is 13.0 Å². The predicted octanol–water partition coefficient (Wildman–Crippen LogP) is 2.90. The Morgan fingerprint density at radius 1 is 1.37 bits per heavy atom. The molecule has 106 valence electrons. The highest BCUT2D eigenvalue weighted by atomic mass is 15.2. The molecule has 3 nitrogen and oxygen atoms in total. The first kappa shape index (κ1) is 14.3. The highest BCUT2D eigenvalue weighted by molar-refractivity contribution is 5.49. The van der Waals surface area contributed by atoms with E-state index in [4.69, 9.17) is 10.7 Å². The number of aromatic nitrogens is 1. The van der Waals surface area contributed by atoms with Crippen molar-refractivity contribution in [2.75, 3.05) is 11.4 Å². The molecule has 19 heavy (non-hydrogen) atoms. The molecule has 1 atom stereocenters. The fraction of sp³-hybridized carbons (Fsp3) is 0.688. The molecule has 1 saturated carbocycles. The van der Waals surface area contributed by atoms with Crippen molar-refractivity contribution < 1.29 is 0 Å². The SMILES string of the molecule is Cc1cc(CC(C)N)cnc1N(CC(C)C)C1CC1. The van der Waals surface area contributed by atoms with Crippen molar-refractivity contribution in [2.24, 2.45) is 11.7 Å². The van der Waals surface area contributed by atoms with Crippen molar-refractivity contribution in [1.82, 2.24) is 4.98 Å². The molecule has 2 N–H and O–H groups in total. The monoisotopic (exact) mass is 261 g/mol. The van der Waals surface area contributed by atoms with E-state index < -0.39 is 0 Å². The molecule has 0 bridgehead atoms. The fourth-order valence-corrected chi connectivity index (χ4v) is 2.60. The summed E-state index contributed by atoms with van der Waals surface area (Å²) in [6, 6.07) is 3.16. The van der Waals surface area contributed by atoms with E-state index in [1.807, 2.05) is 13.1 Å². The molecule has 0 aromatic carbocycles. The Labute approximate surface area is 117 Å². The number of nitrogens with zero attached hydrogens (tertiary/aromatic N) is 2. The van der Waals surface area contributed by atoms with Crippen LogP contribution in [0.5, 0.6) is 0 Å². The molecule has 1 aromatic rings. The minimum absolute atomic E-state index is 0.197. The largest absolute Gasteiger partial charge is 0.353 e. The molecule has 1 aliphatic carbocycles. The molecule has 0 radical (unpaired) electrons. The van der Waals surface area contributed by atoms with Crippen LogP contribution in [0.3, 0.4) is 0 Å². The van der Waals surface area contributed by atoms with Crippen LogP contribution in [0.15, 0.2) is 12.3 Å². The molecule has 3 heteroatoms. The second kappa shape index (κ2) is 5.91. The van der Waals surface area contributed by atoms with Crippen LogP contribution < -0.4 is 10.6 Å². The van der Waals surface area contributed by atoms with Crippen molar-refractivity contribution in [3.63, 3.8) is 0 Å². The Bertz CT molecular complexity index is 422. The number of hydrogen-bond acceptors (Lipinski definition) is 3. The van der Waals surface area contributed by atoms with Gasteiger partial charge in [-0.15, -0.1) is 0 Å². The zero-order valence-electron chi connectivity index (χ0n) is 12.7. The van der Waals surface area contributed by atoms with E-state index in [0.29, 0.717) is 12.0 Å². The van der Waals surface area contributed by atoms with Crippen LogP contribution in [0, 0.1) is 12.8 Å². The van der Waals surface area contributed by atoms with Gasteiger partial charge in [0.1, 0.15) is 5.82 Å². The minimum Gasteiger partial charge on any atom is -0.353 e. The van der Waals surface area contributed by atoms with Crippen molar-refractivity contribution in [2.45, 2.75) is 59.0 Å². The summed E-state index contributed by atoms with van der Waals surface area (Å²) in [5, 5.41) is 0. The number of nitrogens with two attached hydrogens (primary N) is 1. The lowest BCUT2D eigenvalue weighted by Crippen LogP contribution is -2.31. The average molecular weight is 261 g/mol. The molecule has 0 amide bonds. The maximum absolute atomic E-state index is 5.86. The van der Waals surface area contributed by atoms with Crippen LogP contribution >= 0.6 is 0 Å². The quantitative estimate of drug-likeness (QED) is 0.856. The summed E-state index contributed by atoms with van der Waals surface area (Å²) < 4.78 is 0. The molecule has 1 aliphatic rings. The highest BCUT2D eigenvalue weighted by Gasteiger charge is 2.31. The number of hydrogen-bond donors (Lipinski definition) is 1. The summed E-state index contributed by atoms with van der Waals surface area (Å²) in [5.41, 5.74) is 8.39. The number of aryl methyl sites for hydroxylation is 1. The van der Waals surface area contributed by atoms with Crippen molar-refractivity contribution in [1.29, 1.82) is 0 Å². The number of pyridine rings is 1. The number of rotatable bonds is 6. The van der Waals surface area contributed by atoms with Gasteiger partial charge in [0.15, 0.2) is 0 Å². The van der Waals surface area contributed by atoms with Gasteiger partial charge in [-0.05, 0) is 50.2 Å². The Balaban J connectivity index is 2.18. The van der Waals surface area contributed by atoms with E-state index in [1.54, 1.807) is 0 Å². The van der Waals surface area contributed by atoms with Gasteiger partial charge in [-0.3, -0.25) is 0 Å². The molecule has 1 fully saturated rings. The van der Waals surface area contributed by atoms with Crippen LogP contribution in [0.25, 0.3) is 0 Å². The summed E-state index contributed by atoms with van der Waals surface area (Å²) >= 11 is 0. The second-order valence-corrected chi connectivity index (χ2v) is 6.44. The highest BCUT2D eigenvalue weighted by Crippen LogP contribution is 2.33. The summed E-state index contributed by atoms with van der Waals surface area (Å²) in [6.07, 6.45) is 5.54. The molecule has 2 rings (SSSR count). The first-order valence-electron chi connectivity index (χ1n) is 7.45. The third-order valence-corrected chi connectivity index (χ3v) is 3.49. The van der Waals surface area contributed by atoms with Crippen molar-refractivity contribution in [3.8, 4) is 0 Å². The normalized spacial score (nSPS) is 16.7.